The van der Waals surface area contributed by atoms with Crippen LogP contribution in [0, 0.1) is 11.7 Å². The summed E-state index contributed by atoms with van der Waals surface area (Å²) in [5.74, 6) is 0.637. The molecule has 2 aliphatic carbocycles. The van der Waals surface area contributed by atoms with Crippen LogP contribution in [0.1, 0.15) is 69.9 Å². The van der Waals surface area contributed by atoms with E-state index in [-0.39, 0.29) is 5.82 Å². The number of fused-ring (bicyclic) bond motifs is 1. The van der Waals surface area contributed by atoms with Crippen LogP contribution in [0.25, 0.3) is 22.2 Å². The molecule has 3 aromatic rings. The molecule has 0 saturated heterocycles. The molecular formula is C26H36FN5. The highest BCUT2D eigenvalue weighted by molar-refractivity contribution is 5.95. The number of hydrogen-bond donors (Lipinski definition) is 3. The lowest BCUT2D eigenvalue weighted by atomic mass is 9.90. The topological polar surface area (TPSA) is 79.6 Å². The highest BCUT2D eigenvalue weighted by atomic mass is 19.1. The first-order chi connectivity index (χ1) is 15.7. The van der Waals surface area contributed by atoms with Crippen molar-refractivity contribution in [3.05, 3.63) is 48.3 Å². The first-order valence-electron chi connectivity index (χ1n) is 12.2. The summed E-state index contributed by atoms with van der Waals surface area (Å²) in [6.07, 6.45) is 17.0. The lowest BCUT2D eigenvalue weighted by molar-refractivity contribution is 0.366. The molecule has 5 rings (SSSR count). The van der Waals surface area contributed by atoms with Crippen LogP contribution in [0.15, 0.2) is 36.8 Å². The Kier molecular flexibility index (Phi) is 8.24. The third-order valence-electron chi connectivity index (χ3n) is 6.93. The minimum Gasteiger partial charge on any atom is -0.345 e. The van der Waals surface area contributed by atoms with E-state index in [1.807, 2.05) is 6.20 Å². The third kappa shape index (κ3) is 5.93. The van der Waals surface area contributed by atoms with Crippen molar-refractivity contribution in [2.24, 2.45) is 11.7 Å². The molecule has 2 aliphatic rings. The van der Waals surface area contributed by atoms with Crippen molar-refractivity contribution in [1.29, 1.82) is 0 Å². The van der Waals surface area contributed by atoms with Gasteiger partial charge < -0.3 is 16.0 Å². The first kappa shape index (κ1) is 22.9. The molecule has 0 aliphatic heterocycles. The van der Waals surface area contributed by atoms with Crippen molar-refractivity contribution in [2.75, 3.05) is 6.54 Å². The van der Waals surface area contributed by atoms with Crippen LogP contribution in [0.5, 0.6) is 0 Å². The molecule has 0 unspecified atom stereocenters. The van der Waals surface area contributed by atoms with Gasteiger partial charge in [-0.15, -0.1) is 0 Å². The Bertz CT molecular complexity index is 956. The minimum atomic E-state index is -0.228. The molecule has 0 radical (unpaired) electrons. The quantitative estimate of drug-likeness (QED) is 0.477. The number of halogens is 1. The Hall–Kier alpha value is -2.31. The molecule has 1 aromatic carbocycles. The Morgan fingerprint density at radius 3 is 2.28 bits per heavy atom. The van der Waals surface area contributed by atoms with Crippen molar-refractivity contribution in [3.63, 3.8) is 0 Å². The molecule has 172 valence electrons. The predicted octanol–water partition coefficient (Wildman–Crippen LogP) is 5.71. The van der Waals surface area contributed by atoms with Gasteiger partial charge in [-0.1, -0.05) is 50.7 Å². The zero-order valence-electron chi connectivity index (χ0n) is 19.0. The number of aromatic nitrogens is 3. The summed E-state index contributed by atoms with van der Waals surface area (Å²) in [5, 5.41) is 4.66. The van der Waals surface area contributed by atoms with E-state index in [1.165, 1.54) is 76.3 Å². The van der Waals surface area contributed by atoms with Crippen LogP contribution in [0.2, 0.25) is 0 Å². The van der Waals surface area contributed by atoms with E-state index >= 15 is 0 Å². The second-order valence-corrected chi connectivity index (χ2v) is 9.21. The van der Waals surface area contributed by atoms with Crippen LogP contribution in [0.3, 0.4) is 0 Å². The number of aromatic amines is 1. The Labute approximate surface area is 190 Å². The highest BCUT2D eigenvalue weighted by Crippen LogP contribution is 2.30. The fourth-order valence-electron chi connectivity index (χ4n) is 4.99. The number of H-pyrrole nitrogens is 1. The van der Waals surface area contributed by atoms with Crippen molar-refractivity contribution in [1.82, 2.24) is 20.3 Å². The maximum absolute atomic E-state index is 13.2. The summed E-state index contributed by atoms with van der Waals surface area (Å²) in [4.78, 5) is 12.0. The maximum atomic E-state index is 13.2. The largest absolute Gasteiger partial charge is 0.345 e. The van der Waals surface area contributed by atoms with Crippen LogP contribution in [0.4, 0.5) is 4.39 Å². The molecule has 2 heterocycles. The molecule has 2 saturated carbocycles. The fourth-order valence-corrected chi connectivity index (χ4v) is 4.99. The minimum absolute atomic E-state index is 0.228. The van der Waals surface area contributed by atoms with E-state index in [0.29, 0.717) is 6.04 Å². The van der Waals surface area contributed by atoms with Gasteiger partial charge in [-0.05, 0) is 55.8 Å². The van der Waals surface area contributed by atoms with Gasteiger partial charge in [0.2, 0.25) is 0 Å². The summed E-state index contributed by atoms with van der Waals surface area (Å²) in [6.45, 7) is 1.65. The molecule has 5 nitrogen and oxygen atoms in total. The van der Waals surface area contributed by atoms with Gasteiger partial charge in [0, 0.05) is 29.7 Å². The number of benzene rings is 1. The summed E-state index contributed by atoms with van der Waals surface area (Å²) < 4.78 is 13.2. The van der Waals surface area contributed by atoms with E-state index in [1.54, 1.807) is 18.5 Å². The van der Waals surface area contributed by atoms with Crippen LogP contribution in [-0.2, 0) is 6.54 Å². The molecule has 32 heavy (non-hydrogen) atoms. The van der Waals surface area contributed by atoms with Gasteiger partial charge >= 0.3 is 0 Å². The van der Waals surface area contributed by atoms with Crippen LogP contribution >= 0.6 is 0 Å². The summed E-state index contributed by atoms with van der Waals surface area (Å²) in [7, 11) is 0. The molecule has 0 bridgehead atoms. The molecule has 4 N–H and O–H groups in total. The average molecular weight is 438 g/mol. The second-order valence-electron chi connectivity index (χ2n) is 9.21. The molecule has 2 aromatic heterocycles. The zero-order chi connectivity index (χ0) is 22.2. The SMILES string of the molecule is Fc1ccc(-c2c[nH]c3ncnc(CNC4CCCCC4)c23)cc1.NCC1CCCCC1. The fraction of sp³-hybridized carbons (Fsp3) is 0.538. The Morgan fingerprint density at radius 2 is 1.62 bits per heavy atom. The average Bonchev–Trinajstić information content (AvgIpc) is 3.30. The standard InChI is InChI=1S/C19H21FN4.C7H15N/c20-14-8-6-13(7-9-14)16-10-22-19-18(16)17(23-12-24-19)11-21-15-4-2-1-3-5-15;8-6-7-4-2-1-3-5-7/h6-10,12,15,21H,1-5,11H2,(H,22,23,24);7H,1-6,8H2. The summed E-state index contributed by atoms with van der Waals surface area (Å²) >= 11 is 0. The van der Waals surface area contributed by atoms with E-state index in [2.05, 4.69) is 20.3 Å². The highest BCUT2D eigenvalue weighted by Gasteiger charge is 2.16. The van der Waals surface area contributed by atoms with E-state index in [0.717, 1.165) is 46.9 Å². The van der Waals surface area contributed by atoms with Gasteiger partial charge in [-0.25, -0.2) is 14.4 Å². The molecule has 0 spiro atoms. The van der Waals surface area contributed by atoms with Gasteiger partial charge in [-0.3, -0.25) is 0 Å². The monoisotopic (exact) mass is 437 g/mol. The van der Waals surface area contributed by atoms with E-state index < -0.39 is 0 Å². The second kappa shape index (κ2) is 11.5. The molecule has 0 amide bonds. The number of nitrogens with two attached hydrogens (primary N) is 1. The third-order valence-corrected chi connectivity index (χ3v) is 6.93. The molecule has 6 heteroatoms. The Balaban J connectivity index is 0.000000260. The first-order valence-corrected chi connectivity index (χ1v) is 12.2. The van der Waals surface area contributed by atoms with E-state index in [4.69, 9.17) is 5.73 Å². The van der Waals surface area contributed by atoms with Gasteiger partial charge in [-0.2, -0.15) is 0 Å². The Morgan fingerprint density at radius 1 is 0.938 bits per heavy atom. The van der Waals surface area contributed by atoms with Crippen molar-refractivity contribution in [3.8, 4) is 11.1 Å². The van der Waals surface area contributed by atoms with Gasteiger partial charge in [0.25, 0.3) is 0 Å². The lowest BCUT2D eigenvalue weighted by Gasteiger charge is -2.22. The van der Waals surface area contributed by atoms with Crippen LogP contribution in [-0.4, -0.2) is 27.5 Å². The number of hydrogen-bond acceptors (Lipinski definition) is 4. The van der Waals surface area contributed by atoms with Gasteiger partial charge in [0.15, 0.2) is 0 Å². The molecule has 2 fully saturated rings. The zero-order valence-corrected chi connectivity index (χ0v) is 19.0. The smallest absolute Gasteiger partial charge is 0.141 e. The summed E-state index contributed by atoms with van der Waals surface area (Å²) in [5.41, 5.74) is 9.31. The number of rotatable bonds is 5. The summed E-state index contributed by atoms with van der Waals surface area (Å²) in [6, 6.07) is 7.14. The van der Waals surface area contributed by atoms with Gasteiger partial charge in [0.05, 0.1) is 5.69 Å². The maximum Gasteiger partial charge on any atom is 0.141 e. The molecular weight excluding hydrogens is 401 g/mol. The van der Waals surface area contributed by atoms with Crippen molar-refractivity contribution >= 4 is 11.0 Å². The van der Waals surface area contributed by atoms with Crippen molar-refractivity contribution < 1.29 is 4.39 Å². The predicted molar refractivity (Wildman–Crippen MR) is 129 cm³/mol. The molecule has 0 atom stereocenters. The van der Waals surface area contributed by atoms with Gasteiger partial charge in [0.1, 0.15) is 17.8 Å². The van der Waals surface area contributed by atoms with Crippen molar-refractivity contribution in [2.45, 2.75) is 76.8 Å². The number of nitrogens with one attached hydrogen (secondary N) is 2. The van der Waals surface area contributed by atoms with E-state index in [9.17, 15) is 4.39 Å². The lowest BCUT2D eigenvalue weighted by Crippen LogP contribution is -2.30. The number of nitrogens with zero attached hydrogens (tertiary/aromatic N) is 2. The van der Waals surface area contributed by atoms with Crippen LogP contribution < -0.4 is 11.1 Å². The normalized spacial score (nSPS) is 17.8.